The Morgan fingerprint density at radius 3 is 2.77 bits per heavy atom. The Hall–Kier alpha value is -1.19. The quantitative estimate of drug-likeness (QED) is 0.708. The monoisotopic (exact) mass is 488 g/mol. The van der Waals surface area contributed by atoms with Crippen molar-refractivity contribution >= 4 is 53.6 Å². The molecule has 5 rings (SSSR count). The molecule has 3 fully saturated rings. The van der Waals surface area contributed by atoms with Crippen molar-refractivity contribution in [3.8, 4) is 5.75 Å². The van der Waals surface area contributed by atoms with Crippen LogP contribution in [0.25, 0.3) is 11.1 Å². The molecule has 4 heterocycles. The second kappa shape index (κ2) is 10.6. The molecule has 31 heavy (non-hydrogen) atoms. The smallest absolute Gasteiger partial charge is 0.240 e. The molecule has 1 amide bonds. The van der Waals surface area contributed by atoms with Gasteiger partial charge in [0.25, 0.3) is 0 Å². The third-order valence-corrected chi connectivity index (χ3v) is 7.44. The Bertz CT molecular complexity index is 885. The van der Waals surface area contributed by atoms with Gasteiger partial charge in [-0.15, -0.1) is 36.6 Å². The number of methoxy groups -OCH3 is 1. The van der Waals surface area contributed by atoms with Crippen LogP contribution in [0.2, 0.25) is 0 Å². The van der Waals surface area contributed by atoms with Crippen molar-refractivity contribution in [1.82, 2.24) is 20.1 Å². The van der Waals surface area contributed by atoms with Gasteiger partial charge in [-0.05, 0) is 44.5 Å². The molecule has 3 aliphatic heterocycles. The van der Waals surface area contributed by atoms with E-state index in [0.29, 0.717) is 12.0 Å². The maximum absolute atomic E-state index is 12.6. The van der Waals surface area contributed by atoms with E-state index in [0.717, 1.165) is 79.8 Å². The van der Waals surface area contributed by atoms with Gasteiger partial charge < -0.3 is 19.4 Å². The Kier molecular flexibility index (Phi) is 8.37. The second-order valence-electron chi connectivity index (χ2n) is 8.19. The number of carbonyl (C=O) groups is 1. The van der Waals surface area contributed by atoms with E-state index in [2.05, 4.69) is 10.2 Å². The van der Waals surface area contributed by atoms with E-state index < -0.39 is 0 Å². The molecule has 0 saturated carbocycles. The van der Waals surface area contributed by atoms with E-state index in [1.807, 2.05) is 34.9 Å². The summed E-state index contributed by atoms with van der Waals surface area (Å²) in [6.07, 6.45) is 3.01. The summed E-state index contributed by atoms with van der Waals surface area (Å²) in [5, 5.41) is 3.47. The topological polar surface area (TPSA) is 70.8 Å². The minimum atomic E-state index is -0.0107. The number of nitrogens with zero attached hydrogens (tertiary/aromatic N) is 3. The van der Waals surface area contributed by atoms with Gasteiger partial charge in [-0.2, -0.15) is 0 Å². The molecular formula is C21H30Cl2N4O3S. The highest BCUT2D eigenvalue weighted by molar-refractivity contribution is 7.99. The molecule has 1 aromatic heterocycles. The Labute approximate surface area is 199 Å². The largest absolute Gasteiger partial charge is 0.497 e. The van der Waals surface area contributed by atoms with Crippen molar-refractivity contribution in [3.63, 3.8) is 0 Å². The number of carbonyl (C=O) groups excluding carboxylic acids is 1. The molecule has 2 aromatic rings. The predicted octanol–water partition coefficient (Wildman–Crippen LogP) is 3.12. The minimum absolute atomic E-state index is 0. The lowest BCUT2D eigenvalue weighted by Gasteiger charge is -2.34. The molecule has 0 unspecified atom stereocenters. The Morgan fingerprint density at radius 2 is 2.06 bits per heavy atom. The van der Waals surface area contributed by atoms with Gasteiger partial charge in [0.2, 0.25) is 5.91 Å². The number of oxazole rings is 1. The first-order chi connectivity index (χ1) is 14.2. The molecule has 0 bridgehead atoms. The SMILES string of the molecule is COc1ccc2oc(C3CCN([C@@H]4CN[C@H](C(=O)N5CCSC5)C4)CC3)nc2c1.Cl.Cl. The average Bonchev–Trinajstić information content (AvgIpc) is 3.53. The summed E-state index contributed by atoms with van der Waals surface area (Å²) in [5.74, 6) is 4.21. The average molecular weight is 489 g/mol. The number of benzene rings is 1. The molecule has 172 valence electrons. The summed E-state index contributed by atoms with van der Waals surface area (Å²) in [4.78, 5) is 21.9. The van der Waals surface area contributed by atoms with Crippen LogP contribution in [-0.2, 0) is 4.79 Å². The van der Waals surface area contributed by atoms with Gasteiger partial charge >= 0.3 is 0 Å². The third-order valence-electron chi connectivity index (χ3n) is 6.48. The summed E-state index contributed by atoms with van der Waals surface area (Å²) in [6.45, 7) is 3.86. The van der Waals surface area contributed by atoms with Crippen LogP contribution in [0.3, 0.4) is 0 Å². The Balaban J connectivity index is 0.00000136. The number of hydrogen-bond donors (Lipinski definition) is 1. The second-order valence-corrected chi connectivity index (χ2v) is 9.26. The number of nitrogens with one attached hydrogen (secondary N) is 1. The van der Waals surface area contributed by atoms with Gasteiger partial charge in [-0.3, -0.25) is 9.69 Å². The highest BCUT2D eigenvalue weighted by atomic mass is 35.5. The molecule has 0 aliphatic carbocycles. The lowest BCUT2D eigenvalue weighted by atomic mass is 9.95. The molecule has 1 N–H and O–H groups in total. The number of rotatable bonds is 4. The number of aromatic nitrogens is 1. The van der Waals surface area contributed by atoms with Gasteiger partial charge in [0.1, 0.15) is 11.3 Å². The van der Waals surface area contributed by atoms with Crippen molar-refractivity contribution in [3.05, 3.63) is 24.1 Å². The first-order valence-corrected chi connectivity index (χ1v) is 11.6. The maximum atomic E-state index is 12.6. The number of hydrogen-bond acceptors (Lipinski definition) is 7. The molecule has 0 spiro atoms. The van der Waals surface area contributed by atoms with Crippen LogP contribution >= 0.6 is 36.6 Å². The van der Waals surface area contributed by atoms with Crippen molar-refractivity contribution in [2.75, 3.05) is 44.9 Å². The van der Waals surface area contributed by atoms with Crippen molar-refractivity contribution in [1.29, 1.82) is 0 Å². The van der Waals surface area contributed by atoms with E-state index in [4.69, 9.17) is 14.1 Å². The Morgan fingerprint density at radius 1 is 1.26 bits per heavy atom. The molecule has 3 saturated heterocycles. The van der Waals surface area contributed by atoms with Crippen LogP contribution in [0.15, 0.2) is 22.6 Å². The van der Waals surface area contributed by atoms with Gasteiger partial charge in [0, 0.05) is 36.9 Å². The number of ether oxygens (including phenoxy) is 1. The highest BCUT2D eigenvalue weighted by Crippen LogP contribution is 2.32. The zero-order valence-corrected chi connectivity index (χ0v) is 20.1. The normalized spacial score (nSPS) is 24.7. The van der Waals surface area contributed by atoms with Crippen molar-refractivity contribution in [2.24, 2.45) is 0 Å². The number of halogens is 2. The fourth-order valence-electron chi connectivity index (χ4n) is 4.73. The van der Waals surface area contributed by atoms with Crippen LogP contribution in [0, 0.1) is 0 Å². The van der Waals surface area contributed by atoms with Gasteiger partial charge in [-0.25, -0.2) is 4.98 Å². The number of fused-ring (bicyclic) bond motifs is 1. The summed E-state index contributed by atoms with van der Waals surface area (Å²) >= 11 is 1.84. The number of thioether (sulfide) groups is 1. The first kappa shape index (κ1) is 24.5. The number of amides is 1. The zero-order valence-electron chi connectivity index (χ0n) is 17.6. The van der Waals surface area contributed by atoms with Gasteiger partial charge in [-0.1, -0.05) is 0 Å². The fourth-order valence-corrected chi connectivity index (χ4v) is 5.69. The fraction of sp³-hybridized carbons (Fsp3) is 0.619. The lowest BCUT2D eigenvalue weighted by molar-refractivity contribution is -0.131. The molecule has 3 aliphatic rings. The third kappa shape index (κ3) is 5.09. The van der Waals surface area contributed by atoms with Crippen molar-refractivity contribution < 1.29 is 13.9 Å². The number of piperidine rings is 1. The molecule has 1 aromatic carbocycles. The molecule has 2 atom stereocenters. The molecular weight excluding hydrogens is 459 g/mol. The minimum Gasteiger partial charge on any atom is -0.497 e. The summed E-state index contributed by atoms with van der Waals surface area (Å²) in [5.41, 5.74) is 1.69. The van der Waals surface area contributed by atoms with Crippen molar-refractivity contribution in [2.45, 2.75) is 37.3 Å². The maximum Gasteiger partial charge on any atom is 0.240 e. The van der Waals surface area contributed by atoms with Crippen LogP contribution in [0.5, 0.6) is 5.75 Å². The summed E-state index contributed by atoms with van der Waals surface area (Å²) in [6, 6.07) is 6.21. The lowest BCUT2D eigenvalue weighted by Crippen LogP contribution is -2.42. The van der Waals surface area contributed by atoms with Gasteiger partial charge in [0.15, 0.2) is 11.5 Å². The number of likely N-dealkylation sites (tertiary alicyclic amines) is 1. The van der Waals surface area contributed by atoms with Gasteiger partial charge in [0.05, 0.1) is 19.0 Å². The molecule has 10 heteroatoms. The van der Waals surface area contributed by atoms with E-state index in [1.54, 1.807) is 7.11 Å². The van der Waals surface area contributed by atoms with Crippen LogP contribution in [0.4, 0.5) is 0 Å². The van der Waals surface area contributed by atoms with Crippen LogP contribution in [0.1, 0.15) is 31.1 Å². The van der Waals surface area contributed by atoms with Crippen LogP contribution < -0.4 is 10.1 Å². The molecule has 0 radical (unpaired) electrons. The van der Waals surface area contributed by atoms with E-state index in [-0.39, 0.29) is 36.8 Å². The molecule has 7 nitrogen and oxygen atoms in total. The van der Waals surface area contributed by atoms with Crippen LogP contribution in [-0.4, -0.2) is 77.7 Å². The highest BCUT2D eigenvalue weighted by Gasteiger charge is 2.37. The summed E-state index contributed by atoms with van der Waals surface area (Å²) in [7, 11) is 1.66. The standard InChI is InChI=1S/C21H28N4O3S.2ClH/c1-27-16-2-3-19-17(11-16)23-20(28-19)14-4-6-24(7-5-14)15-10-18(22-12-15)21(26)25-8-9-29-13-25;;/h2-3,11,14-15,18,22H,4-10,12-13H2,1H3;2*1H/t15-,18-;;/m0../s1. The van der Waals surface area contributed by atoms with E-state index >= 15 is 0 Å². The summed E-state index contributed by atoms with van der Waals surface area (Å²) < 4.78 is 11.3. The van der Waals surface area contributed by atoms with E-state index in [9.17, 15) is 4.79 Å². The predicted molar refractivity (Wildman–Crippen MR) is 128 cm³/mol. The van der Waals surface area contributed by atoms with E-state index in [1.165, 1.54) is 0 Å². The first-order valence-electron chi connectivity index (χ1n) is 10.5. The zero-order chi connectivity index (χ0) is 19.8.